The molecule has 4 fully saturated rings. The minimum atomic E-state index is -2.06. The highest BCUT2D eigenvalue weighted by Gasteiger charge is 2.52. The summed E-state index contributed by atoms with van der Waals surface area (Å²) in [6.07, 6.45) is -23.4. The number of nitrogens with zero attached hydrogens (tertiary/aromatic N) is 2. The van der Waals surface area contributed by atoms with Crippen molar-refractivity contribution in [2.75, 3.05) is 72.2 Å². The van der Waals surface area contributed by atoms with Crippen LogP contribution in [0.5, 0.6) is 0 Å². The molecular weight excluding hydrogens is 1680 g/mol. The van der Waals surface area contributed by atoms with Crippen LogP contribution in [0.4, 0.5) is 0 Å². The van der Waals surface area contributed by atoms with Gasteiger partial charge in [0.2, 0.25) is 88.6 Å². The molecule has 50 heteroatoms. The van der Waals surface area contributed by atoms with Crippen molar-refractivity contribution in [2.24, 2.45) is 23.1 Å². The largest absolute Gasteiger partial charge is 0.481 e. The average molecular weight is 1800 g/mol. The summed E-state index contributed by atoms with van der Waals surface area (Å²) in [5.41, 5.74) is 16.7. The zero-order valence-corrected chi connectivity index (χ0v) is 69.7. The topological polar surface area (TPSA) is 796 Å². The van der Waals surface area contributed by atoms with Crippen molar-refractivity contribution in [2.45, 2.75) is 251 Å². The highest BCUT2D eigenvalue weighted by Crippen LogP contribution is 2.31. The summed E-state index contributed by atoms with van der Waals surface area (Å²) in [5, 5.41) is 141. The molecule has 126 heavy (non-hydrogen) atoms. The number of aliphatic hydroxyl groups excluding tert-OH is 8. The SMILES string of the molecule is CC[C@H](C)[C@H](NC(=O)CNC(=O)[C@@H]1C[C@@H](O)CN1C(=O)[C@H](CCC(=O)O)NC(=O)CN)C(=O)N[C@@H](C)C(=O)NCC(=O)N[C@@H](Cc1ccccc1)C(=O)N[C@@H](CCCO[C@@H]1O[C@H](CO)[C@H](O)[C@H](O)[C@H]1O[C@H]1O[C@H](CO)[C@@H](O)[C@H](O)[C@H]1O)C(=O)NCC(=O)N[C@@H](CCC(=O)O)C(=O)N[C@@H](CCC(N)=O)C(=O)NCC(=O)N1CCC[C@H]1C(=O)N[C@@H](CCCCN)C(=O)O. The van der Waals surface area contributed by atoms with Crippen LogP contribution in [0.3, 0.4) is 0 Å². The summed E-state index contributed by atoms with van der Waals surface area (Å²) in [4.78, 5) is 241. The second kappa shape index (κ2) is 52.9. The average Bonchev–Trinajstić information content (AvgIpc) is 0.979. The lowest BCUT2D eigenvalue weighted by Gasteiger charge is -2.45. The number of benzene rings is 1. The molecule has 4 heterocycles. The monoisotopic (exact) mass is 1800 g/mol. The summed E-state index contributed by atoms with van der Waals surface area (Å²) >= 11 is 0. The number of hydrogen-bond donors (Lipinski definition) is 26. The summed E-state index contributed by atoms with van der Waals surface area (Å²) in [7, 11) is 0. The lowest BCUT2D eigenvalue weighted by Crippen LogP contribution is -2.64. The van der Waals surface area contributed by atoms with Crippen molar-refractivity contribution in [1.82, 2.24) is 73.6 Å². The van der Waals surface area contributed by atoms with E-state index in [0.717, 1.165) is 9.80 Å². The van der Waals surface area contributed by atoms with E-state index < -0.39 is 344 Å². The number of hydrogen-bond acceptors (Lipinski definition) is 32. The Morgan fingerprint density at radius 3 is 1.63 bits per heavy atom. The quantitative estimate of drug-likeness (QED) is 0.0269. The van der Waals surface area contributed by atoms with E-state index >= 15 is 0 Å². The van der Waals surface area contributed by atoms with Crippen molar-refractivity contribution >= 4 is 107 Å². The second-order valence-corrected chi connectivity index (χ2v) is 30.6. The molecule has 0 saturated carbocycles. The van der Waals surface area contributed by atoms with Crippen molar-refractivity contribution in [3.05, 3.63) is 35.9 Å². The summed E-state index contributed by atoms with van der Waals surface area (Å²) in [6.45, 7) is -2.21. The molecule has 1 aromatic carbocycles. The van der Waals surface area contributed by atoms with Crippen LogP contribution in [0, 0.1) is 5.92 Å². The first-order chi connectivity index (χ1) is 59.7. The molecular formula is C76H119N17O33. The zero-order chi connectivity index (χ0) is 93.8. The van der Waals surface area contributed by atoms with Crippen LogP contribution in [0.2, 0.25) is 0 Å². The molecule has 15 amide bonds. The highest BCUT2D eigenvalue weighted by molar-refractivity contribution is 5.99. The number of aliphatic carboxylic acids is 3. The van der Waals surface area contributed by atoms with Crippen LogP contribution in [0.1, 0.15) is 123 Å². The van der Waals surface area contributed by atoms with Gasteiger partial charge >= 0.3 is 17.9 Å². The molecule has 0 spiro atoms. The molecule has 706 valence electrons. The number of aliphatic hydroxyl groups is 8. The van der Waals surface area contributed by atoms with E-state index in [9.17, 15) is 142 Å². The highest BCUT2D eigenvalue weighted by atomic mass is 16.8. The minimum Gasteiger partial charge on any atom is -0.481 e. The molecule has 4 aliphatic heterocycles. The Balaban J connectivity index is 1.33. The van der Waals surface area contributed by atoms with E-state index in [1.165, 1.54) is 6.92 Å². The molecule has 50 nitrogen and oxygen atoms in total. The number of nitrogens with two attached hydrogens (primary N) is 3. The molecule has 0 aromatic heterocycles. The number of primary amides is 1. The molecule has 4 saturated heterocycles. The third kappa shape index (κ3) is 33.5. The number of carboxylic acid groups (broad SMARTS) is 3. The van der Waals surface area contributed by atoms with Gasteiger partial charge in [0.25, 0.3) is 0 Å². The van der Waals surface area contributed by atoms with E-state index in [1.807, 2.05) is 0 Å². The van der Waals surface area contributed by atoms with E-state index in [4.69, 9.17) is 36.1 Å². The fourth-order valence-corrected chi connectivity index (χ4v) is 13.8. The Kier molecular flexibility index (Phi) is 44.4. The van der Waals surface area contributed by atoms with Crippen molar-refractivity contribution in [1.29, 1.82) is 0 Å². The van der Waals surface area contributed by atoms with Gasteiger partial charge in [-0.3, -0.25) is 81.5 Å². The fraction of sp³-hybridized carbons (Fsp3) is 0.684. The lowest BCUT2D eigenvalue weighted by molar-refractivity contribution is -0.367. The Labute approximate surface area is 721 Å². The molecule has 5 rings (SSSR count). The smallest absolute Gasteiger partial charge is 0.326 e. The van der Waals surface area contributed by atoms with Gasteiger partial charge in [0, 0.05) is 51.8 Å². The first kappa shape index (κ1) is 106. The number of ether oxygens (including phenoxy) is 4. The van der Waals surface area contributed by atoms with Gasteiger partial charge in [-0.05, 0) is 89.2 Å². The lowest BCUT2D eigenvalue weighted by atomic mass is 9.97. The first-order valence-electron chi connectivity index (χ1n) is 41.0. The normalized spacial score (nSPS) is 23.6. The predicted octanol–water partition coefficient (Wildman–Crippen LogP) is -12.8. The van der Waals surface area contributed by atoms with Gasteiger partial charge in [0.05, 0.1) is 52.0 Å². The van der Waals surface area contributed by atoms with Gasteiger partial charge in [0.1, 0.15) is 109 Å². The number of carbonyl (C=O) groups is 18. The minimum absolute atomic E-state index is 0.0213. The third-order valence-corrected chi connectivity index (χ3v) is 21.1. The van der Waals surface area contributed by atoms with Crippen LogP contribution in [0.25, 0.3) is 0 Å². The third-order valence-electron chi connectivity index (χ3n) is 21.1. The number of β-amino-alcohol motifs (C(OH)–C–C–N with tert-alkyl or cyclic N) is 1. The zero-order valence-electron chi connectivity index (χ0n) is 69.7. The number of rotatable bonds is 53. The van der Waals surface area contributed by atoms with Crippen molar-refractivity contribution < 1.29 is 161 Å². The van der Waals surface area contributed by atoms with Crippen LogP contribution >= 0.6 is 0 Å². The Morgan fingerprint density at radius 1 is 0.516 bits per heavy atom. The number of unbranched alkanes of at least 4 members (excludes halogenated alkanes) is 1. The Morgan fingerprint density at radius 2 is 1.05 bits per heavy atom. The van der Waals surface area contributed by atoms with Gasteiger partial charge in [-0.25, -0.2) is 4.79 Å². The molecule has 1 aromatic rings. The van der Waals surface area contributed by atoms with Gasteiger partial charge in [-0.15, -0.1) is 0 Å². The Hall–Kier alpha value is -10.9. The fourth-order valence-electron chi connectivity index (χ4n) is 13.8. The molecule has 22 atom stereocenters. The molecule has 0 radical (unpaired) electrons. The number of carboxylic acids is 3. The van der Waals surface area contributed by atoms with E-state index in [2.05, 4.69) is 63.8 Å². The molecule has 4 aliphatic rings. The number of carbonyl (C=O) groups excluding carboxylic acids is 15. The maximum atomic E-state index is 14.7. The molecule has 0 unspecified atom stereocenters. The first-order valence-corrected chi connectivity index (χ1v) is 41.0. The predicted molar refractivity (Wildman–Crippen MR) is 427 cm³/mol. The second-order valence-electron chi connectivity index (χ2n) is 30.6. The van der Waals surface area contributed by atoms with Crippen LogP contribution in [-0.2, 0) is 112 Å². The van der Waals surface area contributed by atoms with Gasteiger partial charge in [-0.2, -0.15) is 0 Å². The maximum absolute atomic E-state index is 14.7. The number of amides is 15. The standard InChI is InChI=1S/C76H119N17O33/c1-4-36(2)58(91-54(101)31-82-70(117)47-27-39(96)33-93(47)73(120)43(19-22-57(105)106)86-51(98)28-78)72(119)84-37(3)65(112)80-29-53(100)87-45(26-38-12-6-5-7-13-38)69(116)88-40(15-11-25-123-76-64(62(110)60(108)49(35-95)125-76)126-75-63(111)61(109)59(107)48(34-94)124-75)66(113)81-30-52(99)85-42(18-21-56(103)104)68(115)89-41(17-20-50(79)97)67(114)83-32-55(102)92-24-10-16-46(92)71(118)90-44(74(121)122)14-8-9-23-77/h5-7,12-13,36-37,39-49,58-64,75-76,94-96,107-111H,4,8-11,14-35,77-78H2,1-3H3,(H2,79,97)(H,80,112)(H,81,113)(H,82,117)(H,83,114)(H,84,119)(H,85,99)(H,86,98)(H,87,100)(H,88,116)(H,89,115)(H,90,118)(H,91,101)(H,103,104)(H,105,106)(H,121,122)/t36-,37-,39+,40-,41-,42-,43-,44-,45-,46-,47-,48+,49+,58-,59+,60-,61-,62-,63+,64+,75+,76+/m0/s1. The van der Waals surface area contributed by atoms with Crippen molar-refractivity contribution in [3.63, 3.8) is 0 Å². The van der Waals surface area contributed by atoms with Crippen molar-refractivity contribution in [3.8, 4) is 0 Å². The summed E-state index contributed by atoms with van der Waals surface area (Å²) in [6, 6.07) is -7.31. The van der Waals surface area contributed by atoms with E-state index in [1.54, 1.807) is 44.2 Å². The number of likely N-dealkylation sites (tertiary alicyclic amines) is 2. The summed E-state index contributed by atoms with van der Waals surface area (Å²) in [5.74, 6) is -19.8. The van der Waals surface area contributed by atoms with Gasteiger partial charge in [-0.1, -0.05) is 50.6 Å². The molecule has 0 bridgehead atoms. The molecule has 0 aliphatic carbocycles. The number of nitrogens with one attached hydrogen (secondary N) is 12. The van der Waals surface area contributed by atoms with Crippen LogP contribution in [0.15, 0.2) is 30.3 Å². The van der Waals surface area contributed by atoms with Gasteiger partial charge in [0.15, 0.2) is 12.6 Å². The van der Waals surface area contributed by atoms with Gasteiger partial charge < -0.3 is 166 Å². The maximum Gasteiger partial charge on any atom is 0.326 e. The molecule has 29 N–H and O–H groups in total. The van der Waals surface area contributed by atoms with E-state index in [0.29, 0.717) is 24.8 Å². The van der Waals surface area contributed by atoms with E-state index in [-0.39, 0.29) is 51.6 Å². The Bertz CT molecular complexity index is 3890. The van der Waals surface area contributed by atoms with Crippen LogP contribution in [-0.4, -0.2) is 373 Å². The van der Waals surface area contributed by atoms with Crippen LogP contribution < -0.4 is 81.0 Å². The summed E-state index contributed by atoms with van der Waals surface area (Å²) < 4.78 is 22.7.